The van der Waals surface area contributed by atoms with Crippen LogP contribution in [0.15, 0.2) is 48.5 Å². The molecule has 2 amide bonds. The molecule has 3 N–H and O–H groups in total. The fourth-order valence-corrected chi connectivity index (χ4v) is 3.41. The van der Waals surface area contributed by atoms with Crippen molar-refractivity contribution in [1.82, 2.24) is 4.90 Å². The van der Waals surface area contributed by atoms with Gasteiger partial charge < -0.3 is 20.7 Å². The molecule has 1 fully saturated rings. The molecule has 2 atom stereocenters. The molecule has 3 rings (SSSR count). The lowest BCUT2D eigenvalue weighted by Gasteiger charge is -2.23. The first-order valence-electron chi connectivity index (χ1n) is 9.26. The number of carbonyl (C=O) groups excluding carboxylic acids is 2. The second-order valence-corrected chi connectivity index (χ2v) is 6.96. The average Bonchev–Trinajstić information content (AvgIpc) is 3.08. The number of para-hydroxylation sites is 2. The van der Waals surface area contributed by atoms with Crippen LogP contribution in [0.2, 0.25) is 0 Å². The Morgan fingerprint density at radius 1 is 1.21 bits per heavy atom. The number of halogens is 2. The van der Waals surface area contributed by atoms with Gasteiger partial charge in [-0.15, -0.1) is 12.4 Å². The lowest BCUT2D eigenvalue weighted by molar-refractivity contribution is -0.118. The van der Waals surface area contributed by atoms with Crippen molar-refractivity contribution in [1.29, 1.82) is 0 Å². The largest absolute Gasteiger partial charge is 0.483 e. The van der Waals surface area contributed by atoms with Crippen LogP contribution in [0.5, 0.6) is 5.75 Å². The van der Waals surface area contributed by atoms with Crippen LogP contribution in [0.4, 0.5) is 10.1 Å². The first-order valence-corrected chi connectivity index (χ1v) is 9.26. The third-order valence-electron chi connectivity index (χ3n) is 4.88. The number of amides is 2. The van der Waals surface area contributed by atoms with Crippen molar-refractivity contribution in [3.05, 3.63) is 59.9 Å². The highest BCUT2D eigenvalue weighted by Gasteiger charge is 2.33. The molecule has 1 aliphatic rings. The predicted molar refractivity (Wildman–Crippen MR) is 112 cm³/mol. The topological polar surface area (TPSA) is 84.7 Å². The van der Waals surface area contributed by atoms with Crippen molar-refractivity contribution >= 4 is 29.9 Å². The van der Waals surface area contributed by atoms with Crippen LogP contribution in [0.25, 0.3) is 0 Å². The van der Waals surface area contributed by atoms with Crippen LogP contribution in [0.3, 0.4) is 0 Å². The summed E-state index contributed by atoms with van der Waals surface area (Å²) in [5.74, 6) is -0.569. The summed E-state index contributed by atoms with van der Waals surface area (Å²) in [5.41, 5.74) is 6.22. The summed E-state index contributed by atoms with van der Waals surface area (Å²) in [4.78, 5) is 26.9. The van der Waals surface area contributed by atoms with Gasteiger partial charge >= 0.3 is 0 Å². The SMILES string of the molecule is CC1CC(CN)CN1C(=O)c1ccccc1OCC(=O)Nc1ccccc1F.Cl. The van der Waals surface area contributed by atoms with E-state index < -0.39 is 11.7 Å². The number of nitrogens with two attached hydrogens (primary N) is 1. The highest BCUT2D eigenvalue weighted by atomic mass is 35.5. The van der Waals surface area contributed by atoms with Crippen molar-refractivity contribution in [2.75, 3.05) is 25.0 Å². The second-order valence-electron chi connectivity index (χ2n) is 6.96. The molecule has 1 heterocycles. The van der Waals surface area contributed by atoms with Crippen molar-refractivity contribution in [3.63, 3.8) is 0 Å². The number of benzene rings is 2. The van der Waals surface area contributed by atoms with Gasteiger partial charge in [-0.3, -0.25) is 9.59 Å². The molecule has 2 aromatic carbocycles. The van der Waals surface area contributed by atoms with Crippen molar-refractivity contribution in [2.45, 2.75) is 19.4 Å². The van der Waals surface area contributed by atoms with Gasteiger partial charge in [0.05, 0.1) is 11.3 Å². The maximum absolute atomic E-state index is 13.6. The Balaban J connectivity index is 0.00000300. The highest BCUT2D eigenvalue weighted by molar-refractivity contribution is 5.97. The maximum atomic E-state index is 13.6. The molecule has 0 bridgehead atoms. The molecule has 0 spiro atoms. The van der Waals surface area contributed by atoms with E-state index in [1.165, 1.54) is 18.2 Å². The van der Waals surface area contributed by atoms with E-state index in [2.05, 4.69) is 5.32 Å². The third kappa shape index (κ3) is 5.46. The van der Waals surface area contributed by atoms with Crippen LogP contribution in [-0.2, 0) is 4.79 Å². The zero-order chi connectivity index (χ0) is 20.1. The van der Waals surface area contributed by atoms with Crippen LogP contribution in [0.1, 0.15) is 23.7 Å². The number of nitrogens with one attached hydrogen (secondary N) is 1. The van der Waals surface area contributed by atoms with Gasteiger partial charge in [-0.05, 0) is 50.1 Å². The van der Waals surface area contributed by atoms with Gasteiger partial charge in [0.1, 0.15) is 11.6 Å². The first kappa shape index (κ1) is 22.6. The zero-order valence-corrected chi connectivity index (χ0v) is 17.0. The Bertz CT molecular complexity index is 865. The number of hydrogen-bond donors (Lipinski definition) is 2. The molecular formula is C21H25ClFN3O3. The molecule has 2 aromatic rings. The summed E-state index contributed by atoms with van der Waals surface area (Å²) in [6, 6.07) is 12.8. The van der Waals surface area contributed by atoms with E-state index >= 15 is 0 Å². The third-order valence-corrected chi connectivity index (χ3v) is 4.88. The van der Waals surface area contributed by atoms with Crippen LogP contribution in [0, 0.1) is 11.7 Å². The van der Waals surface area contributed by atoms with E-state index in [9.17, 15) is 14.0 Å². The van der Waals surface area contributed by atoms with Gasteiger partial charge in [-0.2, -0.15) is 0 Å². The average molecular weight is 422 g/mol. The second kappa shape index (κ2) is 10.2. The molecule has 1 aliphatic heterocycles. The minimum absolute atomic E-state index is 0. The summed E-state index contributed by atoms with van der Waals surface area (Å²) in [7, 11) is 0. The maximum Gasteiger partial charge on any atom is 0.262 e. The van der Waals surface area contributed by atoms with Crippen LogP contribution >= 0.6 is 12.4 Å². The number of carbonyl (C=O) groups is 2. The van der Waals surface area contributed by atoms with E-state index in [0.717, 1.165) is 6.42 Å². The summed E-state index contributed by atoms with van der Waals surface area (Å²) in [6.45, 7) is 2.82. The Hall–Kier alpha value is -2.64. The standard InChI is InChI=1S/C21H24FN3O3.ClH/c1-14-10-15(11-23)12-25(14)21(27)16-6-2-5-9-19(16)28-13-20(26)24-18-8-4-3-7-17(18)22;/h2-9,14-15H,10-13,23H2,1H3,(H,24,26);1H. The predicted octanol–water partition coefficient (Wildman–Crippen LogP) is 3.07. The number of rotatable bonds is 6. The van der Waals surface area contributed by atoms with Crippen molar-refractivity contribution in [3.8, 4) is 5.75 Å². The van der Waals surface area contributed by atoms with Gasteiger partial charge in [0.25, 0.3) is 11.8 Å². The number of hydrogen-bond acceptors (Lipinski definition) is 4. The highest BCUT2D eigenvalue weighted by Crippen LogP contribution is 2.27. The summed E-state index contributed by atoms with van der Waals surface area (Å²) in [6.07, 6.45) is 0.871. The fourth-order valence-electron chi connectivity index (χ4n) is 3.41. The Morgan fingerprint density at radius 3 is 2.59 bits per heavy atom. The number of anilines is 1. The molecule has 1 saturated heterocycles. The molecule has 6 nitrogen and oxygen atoms in total. The van der Waals surface area contributed by atoms with Crippen LogP contribution < -0.4 is 15.8 Å². The molecule has 0 radical (unpaired) electrons. The van der Waals surface area contributed by atoms with E-state index in [-0.39, 0.29) is 36.7 Å². The lowest BCUT2D eigenvalue weighted by atomic mass is 10.1. The molecule has 0 saturated carbocycles. The van der Waals surface area contributed by atoms with Crippen molar-refractivity contribution in [2.24, 2.45) is 11.7 Å². The fraction of sp³-hybridized carbons (Fsp3) is 0.333. The number of likely N-dealkylation sites (tertiary alicyclic amines) is 1. The molecule has 2 unspecified atom stereocenters. The number of ether oxygens (including phenoxy) is 1. The molecule has 29 heavy (non-hydrogen) atoms. The Labute approximate surface area is 175 Å². The summed E-state index contributed by atoms with van der Waals surface area (Å²) in [5, 5.41) is 2.46. The van der Waals surface area contributed by atoms with Gasteiger partial charge in [-0.1, -0.05) is 24.3 Å². The Kier molecular flexibility index (Phi) is 7.99. The van der Waals surface area contributed by atoms with E-state index in [0.29, 0.717) is 30.3 Å². The molecular weight excluding hydrogens is 397 g/mol. The minimum Gasteiger partial charge on any atom is -0.483 e. The van der Waals surface area contributed by atoms with Crippen molar-refractivity contribution < 1.29 is 18.7 Å². The smallest absolute Gasteiger partial charge is 0.262 e. The van der Waals surface area contributed by atoms with Gasteiger partial charge in [0.2, 0.25) is 0 Å². The molecule has 156 valence electrons. The van der Waals surface area contributed by atoms with Gasteiger partial charge in [-0.25, -0.2) is 4.39 Å². The normalized spacial score (nSPS) is 18.1. The zero-order valence-electron chi connectivity index (χ0n) is 16.1. The van der Waals surface area contributed by atoms with Gasteiger partial charge in [0.15, 0.2) is 6.61 Å². The lowest BCUT2D eigenvalue weighted by Crippen LogP contribution is -2.34. The van der Waals surface area contributed by atoms with E-state index in [1.54, 1.807) is 35.2 Å². The van der Waals surface area contributed by atoms with Crippen LogP contribution in [-0.4, -0.2) is 42.5 Å². The summed E-state index contributed by atoms with van der Waals surface area (Å²) >= 11 is 0. The molecule has 0 aliphatic carbocycles. The van der Waals surface area contributed by atoms with Gasteiger partial charge in [0, 0.05) is 12.6 Å². The monoisotopic (exact) mass is 421 g/mol. The molecule has 0 aromatic heterocycles. The van der Waals surface area contributed by atoms with E-state index in [4.69, 9.17) is 10.5 Å². The Morgan fingerprint density at radius 2 is 1.90 bits per heavy atom. The van der Waals surface area contributed by atoms with E-state index in [1.807, 2.05) is 6.92 Å². The first-order chi connectivity index (χ1) is 13.5. The minimum atomic E-state index is -0.524. The summed E-state index contributed by atoms with van der Waals surface area (Å²) < 4.78 is 19.2. The number of nitrogens with zero attached hydrogens (tertiary/aromatic N) is 1. The quantitative estimate of drug-likeness (QED) is 0.750. The molecule has 8 heteroatoms.